The van der Waals surface area contributed by atoms with Gasteiger partial charge in [0.1, 0.15) is 11.5 Å². The van der Waals surface area contributed by atoms with Gasteiger partial charge in [-0.15, -0.1) is 0 Å². The van der Waals surface area contributed by atoms with Crippen molar-refractivity contribution in [2.75, 3.05) is 0 Å². The van der Waals surface area contributed by atoms with Crippen molar-refractivity contribution in [1.29, 1.82) is 0 Å². The Bertz CT molecular complexity index is 749. The highest BCUT2D eigenvalue weighted by Crippen LogP contribution is 2.13. The SMILES string of the molecule is Cc1cc(CNCc2ccc(OCc3noc(C)n3)cc2)no1. The number of aryl methyl sites for hydroxylation is 2. The standard InChI is InChI=1S/C16H18N4O3/c1-11-7-14(19-22-11)9-17-8-13-3-5-15(6-4-13)21-10-16-18-12(2)23-20-16/h3-7,17H,8-10H2,1-2H3. The van der Waals surface area contributed by atoms with Crippen LogP contribution in [0.5, 0.6) is 5.75 Å². The molecular weight excluding hydrogens is 296 g/mol. The smallest absolute Gasteiger partial charge is 0.223 e. The molecule has 0 aliphatic carbocycles. The molecule has 0 fully saturated rings. The summed E-state index contributed by atoms with van der Waals surface area (Å²) in [5.41, 5.74) is 2.06. The van der Waals surface area contributed by atoms with Crippen LogP contribution in [0.2, 0.25) is 0 Å². The maximum Gasteiger partial charge on any atom is 0.223 e. The third kappa shape index (κ3) is 4.40. The lowest BCUT2D eigenvalue weighted by Gasteiger charge is -2.06. The van der Waals surface area contributed by atoms with Gasteiger partial charge in [-0.25, -0.2) is 0 Å². The summed E-state index contributed by atoms with van der Waals surface area (Å²) < 4.78 is 15.5. The number of hydrogen-bond acceptors (Lipinski definition) is 7. The molecule has 7 nitrogen and oxygen atoms in total. The number of nitrogens with zero attached hydrogens (tertiary/aromatic N) is 3. The second kappa shape index (κ2) is 7.06. The molecule has 3 aromatic rings. The number of rotatable bonds is 7. The van der Waals surface area contributed by atoms with E-state index >= 15 is 0 Å². The van der Waals surface area contributed by atoms with E-state index in [9.17, 15) is 0 Å². The third-order valence-corrected chi connectivity index (χ3v) is 3.17. The first-order valence-corrected chi connectivity index (χ1v) is 7.33. The maximum absolute atomic E-state index is 5.61. The lowest BCUT2D eigenvalue weighted by Crippen LogP contribution is -2.12. The highest BCUT2D eigenvalue weighted by atomic mass is 16.5. The predicted octanol–water partition coefficient (Wildman–Crippen LogP) is 2.54. The van der Waals surface area contributed by atoms with Crippen molar-refractivity contribution in [2.45, 2.75) is 33.5 Å². The summed E-state index contributed by atoms with van der Waals surface area (Å²) in [5.74, 6) is 2.66. The Morgan fingerprint density at radius 2 is 1.87 bits per heavy atom. The fourth-order valence-corrected chi connectivity index (χ4v) is 2.09. The highest BCUT2D eigenvalue weighted by molar-refractivity contribution is 5.27. The summed E-state index contributed by atoms with van der Waals surface area (Å²) in [6, 6.07) is 9.79. The van der Waals surface area contributed by atoms with Gasteiger partial charge in [0.2, 0.25) is 11.7 Å². The van der Waals surface area contributed by atoms with Crippen molar-refractivity contribution < 1.29 is 13.8 Å². The highest BCUT2D eigenvalue weighted by Gasteiger charge is 2.04. The zero-order valence-electron chi connectivity index (χ0n) is 13.1. The van der Waals surface area contributed by atoms with Crippen LogP contribution in [0.15, 0.2) is 39.4 Å². The fraction of sp³-hybridized carbons (Fsp3) is 0.312. The van der Waals surface area contributed by atoms with Gasteiger partial charge in [0.15, 0.2) is 6.61 Å². The van der Waals surface area contributed by atoms with E-state index in [0.717, 1.165) is 29.3 Å². The summed E-state index contributed by atoms with van der Waals surface area (Å²) in [4.78, 5) is 4.09. The van der Waals surface area contributed by atoms with E-state index in [1.165, 1.54) is 0 Å². The summed E-state index contributed by atoms with van der Waals surface area (Å²) in [6.07, 6.45) is 0. The molecule has 1 N–H and O–H groups in total. The van der Waals surface area contributed by atoms with Crippen LogP contribution < -0.4 is 10.1 Å². The molecular formula is C16H18N4O3. The summed E-state index contributed by atoms with van der Waals surface area (Å²) in [6.45, 7) is 5.34. The van der Waals surface area contributed by atoms with Crippen LogP contribution in [-0.4, -0.2) is 15.3 Å². The Hall–Kier alpha value is -2.67. The summed E-state index contributed by atoms with van der Waals surface area (Å²) in [5, 5.41) is 11.0. The first kappa shape index (κ1) is 15.2. The molecule has 0 saturated heterocycles. The molecule has 1 aromatic carbocycles. The zero-order chi connectivity index (χ0) is 16.1. The van der Waals surface area contributed by atoms with Crippen LogP contribution in [0.3, 0.4) is 0 Å². The Labute approximate surface area is 133 Å². The molecule has 0 radical (unpaired) electrons. The Kier molecular flexibility index (Phi) is 4.68. The van der Waals surface area contributed by atoms with Gasteiger partial charge in [-0.3, -0.25) is 0 Å². The van der Waals surface area contributed by atoms with Crippen LogP contribution in [0.1, 0.15) is 28.7 Å². The van der Waals surface area contributed by atoms with Crippen molar-refractivity contribution in [3.8, 4) is 5.75 Å². The largest absolute Gasteiger partial charge is 0.485 e. The van der Waals surface area contributed by atoms with E-state index < -0.39 is 0 Å². The lowest BCUT2D eigenvalue weighted by atomic mass is 10.2. The summed E-state index contributed by atoms with van der Waals surface area (Å²) >= 11 is 0. The van der Waals surface area contributed by atoms with E-state index in [1.54, 1.807) is 6.92 Å². The van der Waals surface area contributed by atoms with E-state index in [-0.39, 0.29) is 0 Å². The van der Waals surface area contributed by atoms with E-state index in [0.29, 0.717) is 24.9 Å². The van der Waals surface area contributed by atoms with Gasteiger partial charge in [0, 0.05) is 26.1 Å². The van der Waals surface area contributed by atoms with Gasteiger partial charge in [-0.2, -0.15) is 4.98 Å². The van der Waals surface area contributed by atoms with Crippen LogP contribution in [0.4, 0.5) is 0 Å². The molecule has 0 spiro atoms. The molecule has 0 atom stereocenters. The van der Waals surface area contributed by atoms with Gasteiger partial charge >= 0.3 is 0 Å². The lowest BCUT2D eigenvalue weighted by molar-refractivity contribution is 0.285. The van der Waals surface area contributed by atoms with Gasteiger partial charge in [0.05, 0.1) is 5.69 Å². The van der Waals surface area contributed by atoms with Crippen LogP contribution in [-0.2, 0) is 19.7 Å². The van der Waals surface area contributed by atoms with Crippen molar-refractivity contribution in [1.82, 2.24) is 20.6 Å². The predicted molar refractivity (Wildman–Crippen MR) is 81.6 cm³/mol. The van der Waals surface area contributed by atoms with Crippen molar-refractivity contribution in [2.24, 2.45) is 0 Å². The number of ether oxygens (including phenoxy) is 1. The van der Waals surface area contributed by atoms with Crippen LogP contribution in [0.25, 0.3) is 0 Å². The molecule has 0 unspecified atom stereocenters. The van der Waals surface area contributed by atoms with Crippen molar-refractivity contribution in [3.05, 3.63) is 59.1 Å². The minimum Gasteiger partial charge on any atom is -0.485 e. The summed E-state index contributed by atoms with van der Waals surface area (Å²) in [7, 11) is 0. The first-order chi connectivity index (χ1) is 11.2. The number of aromatic nitrogens is 3. The van der Waals surface area contributed by atoms with Gasteiger partial charge < -0.3 is 19.1 Å². The monoisotopic (exact) mass is 314 g/mol. The zero-order valence-corrected chi connectivity index (χ0v) is 13.1. The Morgan fingerprint density at radius 3 is 2.52 bits per heavy atom. The second-order valence-corrected chi connectivity index (χ2v) is 5.19. The fourth-order valence-electron chi connectivity index (χ4n) is 2.09. The number of benzene rings is 1. The molecule has 3 rings (SSSR count). The Morgan fingerprint density at radius 1 is 1.04 bits per heavy atom. The van der Waals surface area contributed by atoms with Gasteiger partial charge in [-0.05, 0) is 24.6 Å². The molecule has 0 aliphatic heterocycles. The molecule has 7 heteroatoms. The van der Waals surface area contributed by atoms with E-state index in [2.05, 4.69) is 20.6 Å². The first-order valence-electron chi connectivity index (χ1n) is 7.33. The molecule has 2 aromatic heterocycles. The quantitative estimate of drug-likeness (QED) is 0.717. The molecule has 23 heavy (non-hydrogen) atoms. The van der Waals surface area contributed by atoms with Gasteiger partial charge in [-0.1, -0.05) is 22.4 Å². The molecule has 2 heterocycles. The third-order valence-electron chi connectivity index (χ3n) is 3.17. The molecule has 120 valence electrons. The molecule has 0 aliphatic rings. The molecule has 0 saturated carbocycles. The van der Waals surface area contributed by atoms with Crippen molar-refractivity contribution in [3.63, 3.8) is 0 Å². The number of nitrogens with one attached hydrogen (secondary N) is 1. The average Bonchev–Trinajstić information content (AvgIpc) is 3.15. The van der Waals surface area contributed by atoms with E-state index in [1.807, 2.05) is 37.3 Å². The normalized spacial score (nSPS) is 10.9. The Balaban J connectivity index is 1.45. The topological polar surface area (TPSA) is 86.2 Å². The molecule has 0 bridgehead atoms. The minimum atomic E-state index is 0.292. The van der Waals surface area contributed by atoms with E-state index in [4.69, 9.17) is 13.8 Å². The average molecular weight is 314 g/mol. The van der Waals surface area contributed by atoms with Crippen LogP contribution >= 0.6 is 0 Å². The van der Waals surface area contributed by atoms with Crippen molar-refractivity contribution >= 4 is 0 Å². The molecule has 0 amide bonds. The maximum atomic E-state index is 5.61. The number of hydrogen-bond donors (Lipinski definition) is 1. The minimum absolute atomic E-state index is 0.292. The van der Waals surface area contributed by atoms with Crippen LogP contribution in [0, 0.1) is 13.8 Å². The second-order valence-electron chi connectivity index (χ2n) is 5.19. The van der Waals surface area contributed by atoms with Gasteiger partial charge in [0.25, 0.3) is 0 Å².